The minimum Gasteiger partial charge on any atom is -0.347 e. The topological polar surface area (TPSA) is 51.3 Å². The minimum absolute atomic E-state index is 0.128. The van der Waals surface area contributed by atoms with Crippen molar-refractivity contribution in [3.05, 3.63) is 24.0 Å². The summed E-state index contributed by atoms with van der Waals surface area (Å²) in [4.78, 5) is 14.3. The van der Waals surface area contributed by atoms with Crippen LogP contribution in [0.3, 0.4) is 0 Å². The zero-order chi connectivity index (χ0) is 12.4. The van der Waals surface area contributed by atoms with Crippen LogP contribution in [0.1, 0.15) is 30.3 Å². The second-order valence-electron chi connectivity index (χ2n) is 4.88. The van der Waals surface area contributed by atoms with Crippen molar-refractivity contribution in [3.8, 4) is 0 Å². The lowest BCUT2D eigenvalue weighted by Gasteiger charge is -2.36. The fraction of sp³-hybridized carbons (Fsp3) is 0.615. The molecule has 1 aliphatic heterocycles. The normalized spacial score (nSPS) is 25.0. The summed E-state index contributed by atoms with van der Waals surface area (Å²) in [5, 5.41) is 0. The van der Waals surface area contributed by atoms with Crippen molar-refractivity contribution in [2.24, 2.45) is 18.7 Å². The van der Waals surface area contributed by atoms with Crippen LogP contribution >= 0.6 is 0 Å². The van der Waals surface area contributed by atoms with Gasteiger partial charge in [-0.25, -0.2) is 0 Å². The molecule has 2 atom stereocenters. The molecule has 0 saturated carbocycles. The maximum atomic E-state index is 12.3. The van der Waals surface area contributed by atoms with Gasteiger partial charge in [0.25, 0.3) is 5.91 Å². The van der Waals surface area contributed by atoms with Crippen LogP contribution in [0.4, 0.5) is 0 Å². The zero-order valence-electron chi connectivity index (χ0n) is 10.6. The first-order valence-electron chi connectivity index (χ1n) is 6.29. The van der Waals surface area contributed by atoms with E-state index in [0.29, 0.717) is 5.92 Å². The van der Waals surface area contributed by atoms with Crippen LogP contribution in [0.25, 0.3) is 0 Å². The average molecular weight is 235 g/mol. The molecule has 0 bridgehead atoms. The lowest BCUT2D eigenvalue weighted by Crippen LogP contribution is -2.49. The van der Waals surface area contributed by atoms with Gasteiger partial charge in [0.2, 0.25) is 0 Å². The number of carbonyl (C=O) groups excluding carboxylic acids is 1. The standard InChI is InChI=1S/C13H21N3O/c1-3-10-9-16(8-6-11(10)14)13(17)12-5-4-7-15(12)2/h4-5,7,10-11H,3,6,8-9,14H2,1-2H3. The molecule has 0 aromatic carbocycles. The third-order valence-electron chi connectivity index (χ3n) is 3.77. The number of piperidine rings is 1. The number of nitrogens with two attached hydrogens (primary N) is 1. The molecule has 2 heterocycles. The largest absolute Gasteiger partial charge is 0.347 e. The van der Waals surface area contributed by atoms with Crippen molar-refractivity contribution in [1.29, 1.82) is 0 Å². The van der Waals surface area contributed by atoms with Crippen LogP contribution in [0.2, 0.25) is 0 Å². The summed E-state index contributed by atoms with van der Waals surface area (Å²) in [5.41, 5.74) is 6.82. The number of hydrogen-bond acceptors (Lipinski definition) is 2. The second-order valence-corrected chi connectivity index (χ2v) is 4.88. The number of amides is 1. The molecule has 4 nitrogen and oxygen atoms in total. The van der Waals surface area contributed by atoms with Gasteiger partial charge in [0.1, 0.15) is 5.69 Å². The molecule has 4 heteroatoms. The molecule has 1 aliphatic rings. The number of carbonyl (C=O) groups is 1. The van der Waals surface area contributed by atoms with Gasteiger partial charge in [-0.1, -0.05) is 13.3 Å². The number of aryl methyl sites for hydroxylation is 1. The Morgan fingerprint density at radius 2 is 2.35 bits per heavy atom. The fourth-order valence-corrected chi connectivity index (χ4v) is 2.51. The zero-order valence-corrected chi connectivity index (χ0v) is 10.6. The summed E-state index contributed by atoms with van der Waals surface area (Å²) in [5.74, 6) is 0.566. The van der Waals surface area contributed by atoms with E-state index in [-0.39, 0.29) is 11.9 Å². The van der Waals surface area contributed by atoms with Crippen molar-refractivity contribution in [3.63, 3.8) is 0 Å². The van der Waals surface area contributed by atoms with Gasteiger partial charge in [0, 0.05) is 32.4 Å². The molecular formula is C13H21N3O. The molecule has 2 N–H and O–H groups in total. The lowest BCUT2D eigenvalue weighted by atomic mass is 9.90. The van der Waals surface area contributed by atoms with E-state index in [2.05, 4.69) is 6.92 Å². The third kappa shape index (κ3) is 2.36. The van der Waals surface area contributed by atoms with Crippen LogP contribution < -0.4 is 5.73 Å². The van der Waals surface area contributed by atoms with Crippen molar-refractivity contribution in [2.45, 2.75) is 25.8 Å². The smallest absolute Gasteiger partial charge is 0.270 e. The minimum atomic E-state index is 0.128. The van der Waals surface area contributed by atoms with Crippen molar-refractivity contribution in [2.75, 3.05) is 13.1 Å². The third-order valence-corrected chi connectivity index (χ3v) is 3.77. The van der Waals surface area contributed by atoms with Crippen molar-refractivity contribution < 1.29 is 4.79 Å². The Morgan fingerprint density at radius 1 is 1.59 bits per heavy atom. The van der Waals surface area contributed by atoms with Gasteiger partial charge >= 0.3 is 0 Å². The Kier molecular flexibility index (Phi) is 3.52. The van der Waals surface area contributed by atoms with E-state index in [9.17, 15) is 4.79 Å². The molecule has 0 spiro atoms. The Hall–Kier alpha value is -1.29. The molecule has 2 unspecified atom stereocenters. The SMILES string of the molecule is CCC1CN(C(=O)c2cccn2C)CCC1N. The van der Waals surface area contributed by atoms with E-state index < -0.39 is 0 Å². The van der Waals surface area contributed by atoms with E-state index in [0.717, 1.165) is 31.6 Å². The van der Waals surface area contributed by atoms with Gasteiger partial charge in [-0.05, 0) is 24.5 Å². The molecule has 1 amide bonds. The van der Waals surface area contributed by atoms with Crippen LogP contribution in [0.5, 0.6) is 0 Å². The van der Waals surface area contributed by atoms with Gasteiger partial charge in [0.05, 0.1) is 0 Å². The lowest BCUT2D eigenvalue weighted by molar-refractivity contribution is 0.0639. The first kappa shape index (κ1) is 12.2. The van der Waals surface area contributed by atoms with Crippen LogP contribution in [0.15, 0.2) is 18.3 Å². The molecule has 1 aromatic rings. The number of likely N-dealkylation sites (tertiary alicyclic amines) is 1. The summed E-state index contributed by atoms with van der Waals surface area (Å²) < 4.78 is 1.87. The van der Waals surface area contributed by atoms with Crippen molar-refractivity contribution >= 4 is 5.91 Å². The van der Waals surface area contributed by atoms with Gasteiger partial charge in [-0.15, -0.1) is 0 Å². The fourth-order valence-electron chi connectivity index (χ4n) is 2.51. The van der Waals surface area contributed by atoms with Gasteiger partial charge in [-0.3, -0.25) is 4.79 Å². The number of hydrogen-bond donors (Lipinski definition) is 1. The van der Waals surface area contributed by atoms with Gasteiger partial charge in [-0.2, -0.15) is 0 Å². The Balaban J connectivity index is 2.09. The molecule has 1 aromatic heterocycles. The Labute approximate surface area is 102 Å². The Bertz CT molecular complexity index is 399. The van der Waals surface area contributed by atoms with E-state index in [1.54, 1.807) is 0 Å². The molecule has 0 aliphatic carbocycles. The predicted octanol–water partition coefficient (Wildman–Crippen LogP) is 1.22. The van der Waals surface area contributed by atoms with Crippen LogP contribution in [0, 0.1) is 5.92 Å². The summed E-state index contributed by atoms with van der Waals surface area (Å²) in [6.07, 6.45) is 3.85. The van der Waals surface area contributed by atoms with Crippen LogP contribution in [-0.2, 0) is 7.05 Å². The number of nitrogens with zero attached hydrogens (tertiary/aromatic N) is 2. The summed E-state index contributed by atoms with van der Waals surface area (Å²) >= 11 is 0. The molecule has 17 heavy (non-hydrogen) atoms. The molecule has 0 radical (unpaired) electrons. The summed E-state index contributed by atoms with van der Waals surface area (Å²) in [7, 11) is 1.90. The number of rotatable bonds is 2. The highest BCUT2D eigenvalue weighted by Gasteiger charge is 2.29. The van der Waals surface area contributed by atoms with E-state index in [4.69, 9.17) is 5.73 Å². The highest BCUT2D eigenvalue weighted by Crippen LogP contribution is 2.20. The summed E-state index contributed by atoms with van der Waals surface area (Å²) in [6, 6.07) is 4.02. The highest BCUT2D eigenvalue weighted by atomic mass is 16.2. The molecule has 2 rings (SSSR count). The first-order valence-corrected chi connectivity index (χ1v) is 6.29. The van der Waals surface area contributed by atoms with Gasteiger partial charge in [0.15, 0.2) is 0 Å². The monoisotopic (exact) mass is 235 g/mol. The highest BCUT2D eigenvalue weighted by molar-refractivity contribution is 5.92. The molecule has 94 valence electrons. The molecule has 1 fully saturated rings. The quantitative estimate of drug-likeness (QED) is 0.838. The van der Waals surface area contributed by atoms with Crippen molar-refractivity contribution in [1.82, 2.24) is 9.47 Å². The van der Waals surface area contributed by atoms with Crippen LogP contribution in [-0.4, -0.2) is 34.5 Å². The average Bonchev–Trinajstić information content (AvgIpc) is 2.75. The molecular weight excluding hydrogens is 214 g/mol. The van der Waals surface area contributed by atoms with E-state index >= 15 is 0 Å². The predicted molar refractivity (Wildman–Crippen MR) is 67.7 cm³/mol. The first-order chi connectivity index (χ1) is 8.13. The Morgan fingerprint density at radius 3 is 2.94 bits per heavy atom. The number of aromatic nitrogens is 1. The second kappa shape index (κ2) is 4.92. The van der Waals surface area contributed by atoms with Gasteiger partial charge < -0.3 is 15.2 Å². The maximum Gasteiger partial charge on any atom is 0.270 e. The summed E-state index contributed by atoms with van der Waals surface area (Å²) in [6.45, 7) is 3.71. The van der Waals surface area contributed by atoms with E-state index in [1.807, 2.05) is 34.8 Å². The van der Waals surface area contributed by atoms with E-state index in [1.165, 1.54) is 0 Å². The maximum absolute atomic E-state index is 12.3. The molecule has 1 saturated heterocycles.